The highest BCUT2D eigenvalue weighted by Gasteiger charge is 2.13. The zero-order valence-electron chi connectivity index (χ0n) is 13.3. The van der Waals surface area contributed by atoms with E-state index in [0.29, 0.717) is 24.5 Å². The number of aryl methyl sites for hydroxylation is 1. The van der Waals surface area contributed by atoms with Crippen LogP contribution < -0.4 is 14.2 Å². The predicted octanol–water partition coefficient (Wildman–Crippen LogP) is 3.08. The predicted molar refractivity (Wildman–Crippen MR) is 91.7 cm³/mol. The number of hydrogen-bond donors (Lipinski definition) is 1. The molecule has 0 aliphatic carbocycles. The smallest absolute Gasteiger partial charge is 0.233 e. The summed E-state index contributed by atoms with van der Waals surface area (Å²) in [5.41, 5.74) is 1.37. The molecule has 0 amide bonds. The molecule has 0 aliphatic rings. The van der Waals surface area contributed by atoms with Crippen molar-refractivity contribution in [2.75, 3.05) is 24.2 Å². The molecular weight excluding hydrogens is 314 g/mol. The maximum atomic E-state index is 12.3. The lowest BCUT2D eigenvalue weighted by atomic mass is 10.2. The molecule has 124 valence electrons. The van der Waals surface area contributed by atoms with Crippen LogP contribution in [0.2, 0.25) is 0 Å². The quantitative estimate of drug-likeness (QED) is 0.805. The second-order valence-corrected chi connectivity index (χ2v) is 6.79. The molecular formula is C17H21NO4S. The van der Waals surface area contributed by atoms with Gasteiger partial charge in [0.15, 0.2) is 0 Å². The van der Waals surface area contributed by atoms with Crippen LogP contribution in [-0.4, -0.2) is 27.9 Å². The molecule has 2 aromatic carbocycles. The van der Waals surface area contributed by atoms with E-state index in [1.165, 1.54) is 0 Å². The van der Waals surface area contributed by atoms with Gasteiger partial charge in [0.1, 0.15) is 11.5 Å². The molecule has 0 bridgehead atoms. The SMILES string of the molecule is CCOc1ccccc1NS(=O)(=O)CCc1cccc(OC)c1. The number of methoxy groups -OCH3 is 1. The molecule has 0 aliphatic heterocycles. The highest BCUT2D eigenvalue weighted by Crippen LogP contribution is 2.25. The number of nitrogens with one attached hydrogen (secondary N) is 1. The van der Waals surface area contributed by atoms with E-state index < -0.39 is 10.0 Å². The third kappa shape index (κ3) is 5.17. The van der Waals surface area contributed by atoms with Crippen LogP contribution in [0.4, 0.5) is 5.69 Å². The van der Waals surface area contributed by atoms with Crippen molar-refractivity contribution in [1.29, 1.82) is 0 Å². The Labute approximate surface area is 137 Å². The maximum Gasteiger partial charge on any atom is 0.233 e. The monoisotopic (exact) mass is 335 g/mol. The molecule has 23 heavy (non-hydrogen) atoms. The van der Waals surface area contributed by atoms with Crippen LogP contribution in [0.3, 0.4) is 0 Å². The summed E-state index contributed by atoms with van der Waals surface area (Å²) in [7, 11) is -1.88. The van der Waals surface area contributed by atoms with E-state index in [4.69, 9.17) is 9.47 Å². The molecule has 1 N–H and O–H groups in total. The summed E-state index contributed by atoms with van der Waals surface area (Å²) in [4.78, 5) is 0. The van der Waals surface area contributed by atoms with Crippen molar-refractivity contribution in [3.63, 3.8) is 0 Å². The zero-order valence-corrected chi connectivity index (χ0v) is 14.1. The van der Waals surface area contributed by atoms with Gasteiger partial charge in [-0.05, 0) is 43.2 Å². The number of hydrogen-bond acceptors (Lipinski definition) is 4. The lowest BCUT2D eigenvalue weighted by Crippen LogP contribution is -2.18. The topological polar surface area (TPSA) is 64.6 Å². The average molecular weight is 335 g/mol. The summed E-state index contributed by atoms with van der Waals surface area (Å²) < 4.78 is 37.7. The maximum absolute atomic E-state index is 12.3. The van der Waals surface area contributed by atoms with Crippen LogP contribution in [-0.2, 0) is 16.4 Å². The van der Waals surface area contributed by atoms with Crippen LogP contribution in [0.1, 0.15) is 12.5 Å². The summed E-state index contributed by atoms with van der Waals surface area (Å²) in [6.45, 7) is 2.33. The molecule has 0 unspecified atom stereocenters. The Morgan fingerprint density at radius 3 is 2.61 bits per heavy atom. The second kappa shape index (κ2) is 7.87. The van der Waals surface area contributed by atoms with Gasteiger partial charge in [0.25, 0.3) is 0 Å². The van der Waals surface area contributed by atoms with Crippen LogP contribution in [0.25, 0.3) is 0 Å². The fraction of sp³-hybridized carbons (Fsp3) is 0.294. The fourth-order valence-electron chi connectivity index (χ4n) is 2.13. The molecule has 0 atom stereocenters. The van der Waals surface area contributed by atoms with Gasteiger partial charge in [-0.2, -0.15) is 0 Å². The number of ether oxygens (including phenoxy) is 2. The number of sulfonamides is 1. The van der Waals surface area contributed by atoms with Crippen molar-refractivity contribution in [3.8, 4) is 11.5 Å². The Kier molecular flexibility index (Phi) is 5.87. The van der Waals surface area contributed by atoms with Crippen LogP contribution in [0.15, 0.2) is 48.5 Å². The minimum atomic E-state index is -3.46. The highest BCUT2D eigenvalue weighted by atomic mass is 32.2. The van der Waals surface area contributed by atoms with Gasteiger partial charge in [0.05, 0.1) is 25.2 Å². The summed E-state index contributed by atoms with van der Waals surface area (Å²) in [5, 5.41) is 0. The molecule has 0 saturated heterocycles. The number of benzene rings is 2. The zero-order chi connectivity index (χ0) is 16.7. The van der Waals surface area contributed by atoms with Crippen molar-refractivity contribution in [2.24, 2.45) is 0 Å². The van der Waals surface area contributed by atoms with Gasteiger partial charge < -0.3 is 9.47 Å². The molecule has 2 aromatic rings. The second-order valence-electron chi connectivity index (χ2n) is 4.95. The minimum Gasteiger partial charge on any atom is -0.497 e. The van der Waals surface area contributed by atoms with Gasteiger partial charge in [0.2, 0.25) is 10.0 Å². The lowest BCUT2D eigenvalue weighted by molar-refractivity contribution is 0.342. The lowest BCUT2D eigenvalue weighted by Gasteiger charge is -2.12. The van der Waals surface area contributed by atoms with Gasteiger partial charge in [-0.25, -0.2) is 8.42 Å². The van der Waals surface area contributed by atoms with Crippen molar-refractivity contribution in [1.82, 2.24) is 0 Å². The Hall–Kier alpha value is -2.21. The summed E-state index contributed by atoms with van der Waals surface area (Å²) in [6.07, 6.45) is 0.406. The summed E-state index contributed by atoms with van der Waals surface area (Å²) >= 11 is 0. The van der Waals surface area contributed by atoms with Crippen LogP contribution in [0.5, 0.6) is 11.5 Å². The van der Waals surface area contributed by atoms with Gasteiger partial charge in [-0.1, -0.05) is 24.3 Å². The van der Waals surface area contributed by atoms with Gasteiger partial charge in [-0.3, -0.25) is 4.72 Å². The van der Waals surface area contributed by atoms with E-state index in [1.807, 2.05) is 31.2 Å². The first-order chi connectivity index (χ1) is 11.0. The molecule has 0 saturated carbocycles. The van der Waals surface area contributed by atoms with E-state index in [2.05, 4.69) is 4.72 Å². The van der Waals surface area contributed by atoms with E-state index in [-0.39, 0.29) is 5.75 Å². The third-order valence-electron chi connectivity index (χ3n) is 3.25. The van der Waals surface area contributed by atoms with E-state index >= 15 is 0 Å². The normalized spacial score (nSPS) is 11.0. The molecule has 6 heteroatoms. The molecule has 5 nitrogen and oxygen atoms in total. The van der Waals surface area contributed by atoms with Crippen molar-refractivity contribution in [2.45, 2.75) is 13.3 Å². The number of rotatable bonds is 8. The summed E-state index contributed by atoms with van der Waals surface area (Å²) in [6, 6.07) is 14.4. The fourth-order valence-corrected chi connectivity index (χ4v) is 3.24. The van der Waals surface area contributed by atoms with Gasteiger partial charge in [-0.15, -0.1) is 0 Å². The standard InChI is InChI=1S/C17H21NO4S/c1-3-22-17-10-5-4-9-16(17)18-23(19,20)12-11-14-7-6-8-15(13-14)21-2/h4-10,13,18H,3,11-12H2,1-2H3. The van der Waals surface area contributed by atoms with Crippen LogP contribution >= 0.6 is 0 Å². The largest absolute Gasteiger partial charge is 0.497 e. The Bertz CT molecular complexity index is 744. The van der Waals surface area contributed by atoms with E-state index in [9.17, 15) is 8.42 Å². The summed E-state index contributed by atoms with van der Waals surface area (Å²) in [5.74, 6) is 1.23. The van der Waals surface area contributed by atoms with Crippen molar-refractivity contribution in [3.05, 3.63) is 54.1 Å². The first-order valence-electron chi connectivity index (χ1n) is 7.39. The van der Waals surface area contributed by atoms with Crippen LogP contribution in [0, 0.1) is 0 Å². The Balaban J connectivity index is 2.04. The molecule has 0 spiro atoms. The van der Waals surface area contributed by atoms with Gasteiger partial charge >= 0.3 is 0 Å². The molecule has 2 rings (SSSR count). The minimum absolute atomic E-state index is 0.0133. The first-order valence-corrected chi connectivity index (χ1v) is 9.04. The molecule has 0 radical (unpaired) electrons. The first kappa shape index (κ1) is 17.1. The molecule has 0 fully saturated rings. The average Bonchev–Trinajstić information content (AvgIpc) is 2.55. The van der Waals surface area contributed by atoms with Crippen molar-refractivity contribution >= 4 is 15.7 Å². The number of para-hydroxylation sites is 2. The van der Waals surface area contributed by atoms with E-state index in [0.717, 1.165) is 11.3 Å². The molecule has 0 aromatic heterocycles. The van der Waals surface area contributed by atoms with Crippen molar-refractivity contribution < 1.29 is 17.9 Å². The Morgan fingerprint density at radius 2 is 1.87 bits per heavy atom. The molecule has 0 heterocycles. The number of anilines is 1. The Morgan fingerprint density at radius 1 is 1.09 bits per heavy atom. The third-order valence-corrected chi connectivity index (χ3v) is 4.52. The highest BCUT2D eigenvalue weighted by molar-refractivity contribution is 7.92. The van der Waals surface area contributed by atoms with Gasteiger partial charge in [0, 0.05) is 0 Å². The van der Waals surface area contributed by atoms with E-state index in [1.54, 1.807) is 31.4 Å².